The number of hydrogen-bond donors (Lipinski definition) is 1. The topological polar surface area (TPSA) is 37.3 Å². The van der Waals surface area contributed by atoms with E-state index in [4.69, 9.17) is 0 Å². The predicted molar refractivity (Wildman–Crippen MR) is 93.9 cm³/mol. The number of carbonyl (C=O) groups excluding carboxylic acids is 1. The Kier molecular flexibility index (Phi) is 3.09. The summed E-state index contributed by atoms with van der Waals surface area (Å²) in [6.07, 6.45) is 0.705. The van der Waals surface area contributed by atoms with Crippen LogP contribution in [0.4, 0.5) is 0 Å². The van der Waals surface area contributed by atoms with E-state index in [0.717, 1.165) is 27.1 Å². The van der Waals surface area contributed by atoms with Crippen molar-refractivity contribution < 1.29 is 9.90 Å². The second-order valence-corrected chi connectivity index (χ2v) is 5.56. The Balaban J connectivity index is 2.20. The van der Waals surface area contributed by atoms with Gasteiger partial charge in [0.15, 0.2) is 6.29 Å². The molecule has 0 bridgehead atoms. The molecule has 23 heavy (non-hydrogen) atoms. The lowest BCUT2D eigenvalue weighted by atomic mass is 9.91. The van der Waals surface area contributed by atoms with E-state index in [1.54, 1.807) is 6.07 Å². The van der Waals surface area contributed by atoms with Gasteiger partial charge in [-0.1, -0.05) is 66.7 Å². The number of phenols is 1. The third-order valence-corrected chi connectivity index (χ3v) is 4.24. The van der Waals surface area contributed by atoms with Crippen molar-refractivity contribution in [2.24, 2.45) is 0 Å². The van der Waals surface area contributed by atoms with Crippen LogP contribution in [0.1, 0.15) is 10.4 Å². The molecular weight excluding hydrogens is 284 g/mol. The van der Waals surface area contributed by atoms with E-state index in [0.29, 0.717) is 17.4 Å². The number of hydrogen-bond acceptors (Lipinski definition) is 2. The van der Waals surface area contributed by atoms with Crippen LogP contribution in [-0.4, -0.2) is 11.4 Å². The van der Waals surface area contributed by atoms with Crippen LogP contribution in [0.25, 0.3) is 32.7 Å². The van der Waals surface area contributed by atoms with Crippen LogP contribution >= 0.6 is 0 Å². The first-order valence-electron chi connectivity index (χ1n) is 7.47. The van der Waals surface area contributed by atoms with Crippen molar-refractivity contribution in [1.82, 2.24) is 0 Å². The third kappa shape index (κ3) is 2.08. The van der Waals surface area contributed by atoms with E-state index >= 15 is 0 Å². The molecule has 0 aliphatic rings. The van der Waals surface area contributed by atoms with E-state index in [1.807, 2.05) is 66.7 Å². The van der Waals surface area contributed by atoms with Gasteiger partial charge in [-0.15, -0.1) is 0 Å². The fourth-order valence-electron chi connectivity index (χ4n) is 3.16. The van der Waals surface area contributed by atoms with Gasteiger partial charge in [0.25, 0.3) is 0 Å². The Morgan fingerprint density at radius 2 is 1.39 bits per heavy atom. The van der Waals surface area contributed by atoms with Crippen LogP contribution in [-0.2, 0) is 0 Å². The van der Waals surface area contributed by atoms with Crippen molar-refractivity contribution in [1.29, 1.82) is 0 Å². The average Bonchev–Trinajstić information content (AvgIpc) is 2.61. The van der Waals surface area contributed by atoms with Gasteiger partial charge in [0.05, 0.1) is 5.56 Å². The molecule has 0 saturated heterocycles. The first kappa shape index (κ1) is 13.5. The molecule has 0 spiro atoms. The number of benzene rings is 4. The minimum absolute atomic E-state index is 0.0371. The monoisotopic (exact) mass is 298 g/mol. The molecule has 0 aliphatic heterocycles. The highest BCUT2D eigenvalue weighted by molar-refractivity contribution is 6.10. The summed E-state index contributed by atoms with van der Waals surface area (Å²) in [5, 5.41) is 14.7. The van der Waals surface area contributed by atoms with E-state index in [2.05, 4.69) is 0 Å². The van der Waals surface area contributed by atoms with Gasteiger partial charge < -0.3 is 5.11 Å². The lowest BCUT2D eigenvalue weighted by molar-refractivity contribution is 0.112. The molecular formula is C21H14O2. The second-order valence-electron chi connectivity index (χ2n) is 5.56. The van der Waals surface area contributed by atoms with Gasteiger partial charge in [0, 0.05) is 5.56 Å². The quantitative estimate of drug-likeness (QED) is 0.518. The third-order valence-electron chi connectivity index (χ3n) is 4.24. The minimum atomic E-state index is 0.0371. The van der Waals surface area contributed by atoms with Crippen LogP contribution in [0.3, 0.4) is 0 Å². The molecule has 0 heterocycles. The number of phenolic OH excluding ortho intramolecular Hbond substituents is 1. The Morgan fingerprint density at radius 1 is 0.739 bits per heavy atom. The number of rotatable bonds is 2. The van der Waals surface area contributed by atoms with Crippen molar-refractivity contribution in [3.05, 3.63) is 78.4 Å². The molecule has 110 valence electrons. The highest BCUT2D eigenvalue weighted by Crippen LogP contribution is 2.41. The van der Waals surface area contributed by atoms with Crippen molar-refractivity contribution in [2.75, 3.05) is 0 Å². The summed E-state index contributed by atoms with van der Waals surface area (Å²) < 4.78 is 0. The molecule has 4 aromatic carbocycles. The van der Waals surface area contributed by atoms with Crippen molar-refractivity contribution in [3.8, 4) is 16.9 Å². The molecule has 0 atom stereocenters. The minimum Gasteiger partial charge on any atom is -0.507 e. The van der Waals surface area contributed by atoms with E-state index in [9.17, 15) is 9.90 Å². The van der Waals surface area contributed by atoms with Crippen molar-refractivity contribution in [3.63, 3.8) is 0 Å². The fourth-order valence-corrected chi connectivity index (χ4v) is 3.16. The Morgan fingerprint density at radius 3 is 2.17 bits per heavy atom. The van der Waals surface area contributed by atoms with Gasteiger partial charge in [-0.25, -0.2) is 0 Å². The molecule has 0 aromatic heterocycles. The normalized spacial score (nSPS) is 11.0. The Hall–Kier alpha value is -3.13. The zero-order valence-corrected chi connectivity index (χ0v) is 12.4. The fraction of sp³-hybridized carbons (Fsp3) is 0. The zero-order valence-electron chi connectivity index (χ0n) is 12.4. The summed E-state index contributed by atoms with van der Waals surface area (Å²) >= 11 is 0. The summed E-state index contributed by atoms with van der Waals surface area (Å²) in [4.78, 5) is 11.4. The number of aromatic hydroxyl groups is 1. The van der Waals surface area contributed by atoms with Crippen LogP contribution in [0.15, 0.2) is 72.8 Å². The van der Waals surface area contributed by atoms with Crippen molar-refractivity contribution in [2.45, 2.75) is 0 Å². The average molecular weight is 298 g/mol. The highest BCUT2D eigenvalue weighted by Gasteiger charge is 2.15. The van der Waals surface area contributed by atoms with Crippen molar-refractivity contribution >= 4 is 27.8 Å². The van der Waals surface area contributed by atoms with E-state index < -0.39 is 0 Å². The van der Waals surface area contributed by atoms with Crippen LogP contribution < -0.4 is 0 Å². The largest absolute Gasteiger partial charge is 0.507 e. The molecule has 4 rings (SSSR count). The lowest BCUT2D eigenvalue weighted by Crippen LogP contribution is -1.90. The number of carbonyl (C=O) groups is 1. The number of fused-ring (bicyclic) bond motifs is 2. The molecule has 0 fully saturated rings. The predicted octanol–water partition coefficient (Wildman–Crippen LogP) is 5.18. The highest BCUT2D eigenvalue weighted by atomic mass is 16.3. The smallest absolute Gasteiger partial charge is 0.153 e. The summed E-state index contributed by atoms with van der Waals surface area (Å²) in [6, 6.07) is 23.6. The lowest BCUT2D eigenvalue weighted by Gasteiger charge is -2.14. The first-order valence-corrected chi connectivity index (χ1v) is 7.47. The summed E-state index contributed by atoms with van der Waals surface area (Å²) in [7, 11) is 0. The Bertz CT molecular complexity index is 1040. The number of aldehydes is 1. The van der Waals surface area contributed by atoms with Gasteiger partial charge in [-0.05, 0) is 33.2 Å². The van der Waals surface area contributed by atoms with Crippen LogP contribution in [0.2, 0.25) is 0 Å². The molecule has 0 radical (unpaired) electrons. The first-order chi connectivity index (χ1) is 11.3. The maximum atomic E-state index is 11.4. The van der Waals surface area contributed by atoms with Gasteiger partial charge in [0.1, 0.15) is 5.75 Å². The molecule has 1 N–H and O–H groups in total. The molecule has 0 amide bonds. The summed E-state index contributed by atoms with van der Waals surface area (Å²) in [5.74, 6) is 0.0371. The van der Waals surface area contributed by atoms with Gasteiger partial charge in [-0.2, -0.15) is 0 Å². The van der Waals surface area contributed by atoms with E-state index in [-0.39, 0.29) is 5.75 Å². The molecule has 0 saturated carbocycles. The molecule has 2 nitrogen and oxygen atoms in total. The standard InChI is InChI=1S/C21H14O2/c22-13-16-12-15-7-2-4-10-18(15)20(21(16)23)19-11-5-8-14-6-1-3-9-17(14)19/h1-13,23H. The molecule has 0 aliphatic carbocycles. The van der Waals surface area contributed by atoms with Crippen LogP contribution in [0, 0.1) is 0 Å². The second kappa shape index (κ2) is 5.25. The van der Waals surface area contributed by atoms with Gasteiger partial charge in [-0.3, -0.25) is 4.79 Å². The zero-order chi connectivity index (χ0) is 15.8. The molecule has 0 unspecified atom stereocenters. The van der Waals surface area contributed by atoms with E-state index in [1.165, 1.54) is 0 Å². The summed E-state index contributed by atoms with van der Waals surface area (Å²) in [5.41, 5.74) is 1.95. The summed E-state index contributed by atoms with van der Waals surface area (Å²) in [6.45, 7) is 0. The maximum absolute atomic E-state index is 11.4. The molecule has 2 heteroatoms. The van der Waals surface area contributed by atoms with Gasteiger partial charge >= 0.3 is 0 Å². The molecule has 4 aromatic rings. The maximum Gasteiger partial charge on any atom is 0.153 e. The van der Waals surface area contributed by atoms with Crippen LogP contribution in [0.5, 0.6) is 5.75 Å². The van der Waals surface area contributed by atoms with Gasteiger partial charge in [0.2, 0.25) is 0 Å². The Labute approximate surface area is 133 Å². The SMILES string of the molecule is O=Cc1cc2ccccc2c(-c2cccc3ccccc23)c1O.